The van der Waals surface area contributed by atoms with Gasteiger partial charge in [-0.05, 0) is 42.5 Å². The molecule has 1 aliphatic heterocycles. The highest BCUT2D eigenvalue weighted by molar-refractivity contribution is 6.08. The van der Waals surface area contributed by atoms with Gasteiger partial charge in [-0.1, -0.05) is 12.2 Å². The van der Waals surface area contributed by atoms with Gasteiger partial charge in [0, 0.05) is 5.56 Å². The quantitative estimate of drug-likeness (QED) is 0.671. The largest absolute Gasteiger partial charge is 0.497 e. The molecular formula is C17H16N2O4. The molecule has 2 bridgehead atoms. The van der Waals surface area contributed by atoms with E-state index in [1.807, 2.05) is 12.2 Å². The number of hydrogen-bond donors (Lipinski definition) is 1. The maximum atomic E-state index is 12.5. The first-order chi connectivity index (χ1) is 11.1. The molecule has 1 heterocycles. The average Bonchev–Trinajstić information content (AvgIpc) is 3.24. The summed E-state index contributed by atoms with van der Waals surface area (Å²) >= 11 is 0. The Hall–Kier alpha value is -2.63. The van der Waals surface area contributed by atoms with Gasteiger partial charge in [-0.3, -0.25) is 19.8 Å². The molecule has 4 rings (SSSR count). The van der Waals surface area contributed by atoms with E-state index in [0.717, 1.165) is 11.4 Å². The number of nitrogens with one attached hydrogen (secondary N) is 1. The lowest BCUT2D eigenvalue weighted by molar-refractivity contribution is -0.143. The molecule has 1 aromatic rings. The molecule has 1 saturated carbocycles. The molecule has 4 atom stereocenters. The van der Waals surface area contributed by atoms with E-state index in [1.54, 1.807) is 24.3 Å². The fourth-order valence-electron chi connectivity index (χ4n) is 3.92. The van der Waals surface area contributed by atoms with Crippen LogP contribution >= 0.6 is 0 Å². The highest BCUT2D eigenvalue weighted by Gasteiger charge is 2.59. The predicted octanol–water partition coefficient (Wildman–Crippen LogP) is 1.15. The van der Waals surface area contributed by atoms with Crippen molar-refractivity contribution in [2.24, 2.45) is 23.7 Å². The maximum absolute atomic E-state index is 12.5. The van der Waals surface area contributed by atoms with Gasteiger partial charge in [0.1, 0.15) is 5.75 Å². The van der Waals surface area contributed by atoms with Crippen LogP contribution in [-0.2, 0) is 9.59 Å². The summed E-state index contributed by atoms with van der Waals surface area (Å²) in [7, 11) is 1.54. The minimum Gasteiger partial charge on any atom is -0.497 e. The van der Waals surface area contributed by atoms with Crippen LogP contribution in [0.15, 0.2) is 36.4 Å². The van der Waals surface area contributed by atoms with E-state index in [4.69, 9.17) is 4.74 Å². The van der Waals surface area contributed by atoms with Gasteiger partial charge < -0.3 is 4.74 Å². The minimum atomic E-state index is -0.477. The molecular weight excluding hydrogens is 296 g/mol. The standard InChI is InChI=1S/C17H16N2O4/c1-23-12-6-4-9(5-7-12)15(20)18-19-16(21)13-10-2-3-11(8-10)14(13)17(19)22/h2-7,10-11,13-14H,8H2,1H3,(H,18,20)/t10-,11-,13+,14+/m0/s1. The number of allylic oxidation sites excluding steroid dienone is 2. The highest BCUT2D eigenvalue weighted by Crippen LogP contribution is 2.52. The van der Waals surface area contributed by atoms with Crippen molar-refractivity contribution >= 4 is 17.7 Å². The third kappa shape index (κ3) is 1.98. The number of methoxy groups -OCH3 is 1. The van der Waals surface area contributed by atoms with Gasteiger partial charge in [0.2, 0.25) is 0 Å². The summed E-state index contributed by atoms with van der Waals surface area (Å²) < 4.78 is 5.04. The number of hydrogen-bond acceptors (Lipinski definition) is 4. The Morgan fingerprint density at radius 1 is 1.09 bits per heavy atom. The van der Waals surface area contributed by atoms with Gasteiger partial charge in [-0.25, -0.2) is 0 Å². The number of ether oxygens (including phenoxy) is 1. The SMILES string of the molecule is COc1ccc(C(=O)NN2C(=O)[C@H]3[C@H](C2=O)[C@H]2C=C[C@H]3C2)cc1. The first-order valence-electron chi connectivity index (χ1n) is 7.61. The third-order valence-electron chi connectivity index (χ3n) is 5.04. The fraction of sp³-hybridized carbons (Fsp3) is 0.353. The molecule has 2 fully saturated rings. The van der Waals surface area contributed by atoms with E-state index in [-0.39, 0.29) is 35.5 Å². The topological polar surface area (TPSA) is 75.7 Å². The summed E-state index contributed by atoms with van der Waals surface area (Å²) in [5, 5.41) is 0.911. The highest BCUT2D eigenvalue weighted by atomic mass is 16.5. The Bertz CT molecular complexity index is 695. The van der Waals surface area contributed by atoms with Gasteiger partial charge in [0.05, 0.1) is 18.9 Å². The van der Waals surface area contributed by atoms with Crippen LogP contribution in [0, 0.1) is 23.7 Å². The molecule has 0 aromatic heterocycles. The number of hydrazine groups is 1. The number of carbonyl (C=O) groups excluding carboxylic acids is 3. The van der Waals surface area contributed by atoms with Gasteiger partial charge in [0.15, 0.2) is 0 Å². The molecule has 1 saturated heterocycles. The molecule has 23 heavy (non-hydrogen) atoms. The molecule has 0 unspecified atom stereocenters. The number of fused-ring (bicyclic) bond motifs is 5. The zero-order valence-corrected chi connectivity index (χ0v) is 12.6. The molecule has 1 N–H and O–H groups in total. The van der Waals surface area contributed by atoms with Crippen LogP contribution in [0.1, 0.15) is 16.8 Å². The number of amides is 3. The second-order valence-electron chi connectivity index (χ2n) is 6.18. The van der Waals surface area contributed by atoms with Gasteiger partial charge in [0.25, 0.3) is 17.7 Å². The third-order valence-corrected chi connectivity index (χ3v) is 5.04. The van der Waals surface area contributed by atoms with E-state index in [9.17, 15) is 14.4 Å². The van der Waals surface area contributed by atoms with Crippen LogP contribution in [0.4, 0.5) is 0 Å². The molecule has 2 aliphatic carbocycles. The van der Waals surface area contributed by atoms with Crippen molar-refractivity contribution in [1.29, 1.82) is 0 Å². The summed E-state index contributed by atoms with van der Waals surface area (Å²) in [5.74, 6) is -0.796. The second-order valence-corrected chi connectivity index (χ2v) is 6.18. The minimum absolute atomic E-state index is 0.129. The molecule has 3 amide bonds. The zero-order chi connectivity index (χ0) is 16.1. The Kier molecular flexibility index (Phi) is 3.01. The van der Waals surface area contributed by atoms with Gasteiger partial charge in [-0.2, -0.15) is 5.01 Å². The van der Waals surface area contributed by atoms with Crippen LogP contribution in [0.5, 0.6) is 5.75 Å². The van der Waals surface area contributed by atoms with Crippen molar-refractivity contribution in [3.05, 3.63) is 42.0 Å². The van der Waals surface area contributed by atoms with E-state index in [0.29, 0.717) is 11.3 Å². The normalized spacial score (nSPS) is 30.7. The molecule has 0 spiro atoms. The summed E-state index contributed by atoms with van der Waals surface area (Å²) in [6.45, 7) is 0. The lowest BCUT2D eigenvalue weighted by Crippen LogP contribution is -2.47. The summed E-state index contributed by atoms with van der Waals surface area (Å²) in [5.41, 5.74) is 2.82. The van der Waals surface area contributed by atoms with Crippen LogP contribution in [0.25, 0.3) is 0 Å². The van der Waals surface area contributed by atoms with Crippen LogP contribution in [-0.4, -0.2) is 29.8 Å². The molecule has 118 valence electrons. The first-order valence-corrected chi connectivity index (χ1v) is 7.61. The lowest BCUT2D eigenvalue weighted by Gasteiger charge is -2.18. The molecule has 6 nitrogen and oxygen atoms in total. The fourth-order valence-corrected chi connectivity index (χ4v) is 3.92. The van der Waals surface area contributed by atoms with Gasteiger partial charge in [-0.15, -0.1) is 0 Å². The van der Waals surface area contributed by atoms with Crippen molar-refractivity contribution < 1.29 is 19.1 Å². The lowest BCUT2D eigenvalue weighted by atomic mass is 9.85. The maximum Gasteiger partial charge on any atom is 0.270 e. The van der Waals surface area contributed by atoms with Crippen molar-refractivity contribution in [1.82, 2.24) is 10.4 Å². The van der Waals surface area contributed by atoms with Crippen molar-refractivity contribution in [3.63, 3.8) is 0 Å². The number of nitrogens with zero attached hydrogens (tertiary/aromatic N) is 1. The average molecular weight is 312 g/mol. The smallest absolute Gasteiger partial charge is 0.270 e. The van der Waals surface area contributed by atoms with Crippen molar-refractivity contribution in [2.75, 3.05) is 7.11 Å². The Morgan fingerprint density at radius 2 is 1.65 bits per heavy atom. The van der Waals surface area contributed by atoms with E-state index in [2.05, 4.69) is 5.43 Å². The second kappa shape index (κ2) is 4.94. The number of rotatable bonds is 3. The Balaban J connectivity index is 1.52. The molecule has 6 heteroatoms. The number of carbonyl (C=O) groups is 3. The molecule has 3 aliphatic rings. The van der Waals surface area contributed by atoms with Crippen molar-refractivity contribution in [2.45, 2.75) is 6.42 Å². The molecule has 1 aromatic carbocycles. The molecule has 0 radical (unpaired) electrons. The van der Waals surface area contributed by atoms with Gasteiger partial charge >= 0.3 is 0 Å². The van der Waals surface area contributed by atoms with Crippen LogP contribution in [0.3, 0.4) is 0 Å². The number of benzene rings is 1. The zero-order valence-electron chi connectivity index (χ0n) is 12.6. The first kappa shape index (κ1) is 14.0. The predicted molar refractivity (Wildman–Crippen MR) is 80.0 cm³/mol. The number of imide groups is 1. The van der Waals surface area contributed by atoms with Crippen molar-refractivity contribution in [3.8, 4) is 5.75 Å². The summed E-state index contributed by atoms with van der Waals surface area (Å²) in [6.07, 6.45) is 4.91. The van der Waals surface area contributed by atoms with E-state index in [1.165, 1.54) is 7.11 Å². The van der Waals surface area contributed by atoms with E-state index >= 15 is 0 Å². The van der Waals surface area contributed by atoms with E-state index < -0.39 is 5.91 Å². The van der Waals surface area contributed by atoms with Crippen LogP contribution < -0.4 is 10.2 Å². The van der Waals surface area contributed by atoms with Crippen LogP contribution in [0.2, 0.25) is 0 Å². The Labute approximate surface area is 133 Å². The summed E-state index contributed by atoms with van der Waals surface area (Å²) in [4.78, 5) is 37.3. The monoisotopic (exact) mass is 312 g/mol. The summed E-state index contributed by atoms with van der Waals surface area (Å²) in [6, 6.07) is 6.49. The Morgan fingerprint density at radius 3 is 2.17 bits per heavy atom.